The smallest absolute Gasteiger partial charge is 0.229 e. The van der Waals surface area contributed by atoms with E-state index in [0.29, 0.717) is 61.5 Å². The molecule has 0 aliphatic heterocycles. The monoisotopic (exact) mass is 630 g/mol. The third kappa shape index (κ3) is 6.28. The molecule has 45 heavy (non-hydrogen) atoms. The zero-order chi connectivity index (χ0) is 32.1. The summed E-state index contributed by atoms with van der Waals surface area (Å²) in [6, 6.07) is 10.5. The standard InChI is InChI=1S/C31H28F2N8O3S/c1-31(2,3)30(42)37-20-10-18(14-34-15-20)21-11-22-25(12-23(21)33)40-41-27(22)29-38-24-5-6-35-26(28(24)39-29)17-7-16(8-19(32)9-17)13-36-45(4,43)44/h5-12,14-15,36H,13H2,1-4H3,(H,37,42)(H,38,39)(H,40,41). The molecule has 0 saturated heterocycles. The highest BCUT2D eigenvalue weighted by atomic mass is 32.2. The maximum atomic E-state index is 15.3. The molecule has 0 atom stereocenters. The Kier molecular flexibility index (Phi) is 7.41. The molecule has 0 unspecified atom stereocenters. The molecule has 0 aliphatic carbocycles. The molecule has 1 amide bonds. The van der Waals surface area contributed by atoms with Crippen LogP contribution in [0.25, 0.3) is 55.8 Å². The Morgan fingerprint density at radius 1 is 0.978 bits per heavy atom. The minimum atomic E-state index is -3.48. The molecule has 11 nitrogen and oxygen atoms in total. The normalized spacial score (nSPS) is 12.2. The van der Waals surface area contributed by atoms with Crippen molar-refractivity contribution in [1.29, 1.82) is 0 Å². The van der Waals surface area contributed by atoms with Gasteiger partial charge in [0.25, 0.3) is 0 Å². The van der Waals surface area contributed by atoms with E-state index in [2.05, 4.69) is 35.2 Å². The van der Waals surface area contributed by atoms with Crippen LogP contribution in [0.1, 0.15) is 26.3 Å². The number of nitrogens with zero attached hydrogens (tertiary/aromatic N) is 4. The van der Waals surface area contributed by atoms with Crippen LogP contribution in [0, 0.1) is 17.0 Å². The van der Waals surface area contributed by atoms with Gasteiger partial charge in [-0.05, 0) is 42.0 Å². The highest BCUT2D eigenvalue weighted by molar-refractivity contribution is 7.88. The minimum absolute atomic E-state index is 0.0923. The molecule has 4 heterocycles. The molecule has 0 radical (unpaired) electrons. The molecule has 0 bridgehead atoms. The summed E-state index contributed by atoms with van der Waals surface area (Å²) in [6.07, 6.45) is 5.58. The predicted molar refractivity (Wildman–Crippen MR) is 167 cm³/mol. The molecule has 0 fully saturated rings. The van der Waals surface area contributed by atoms with Gasteiger partial charge in [0.2, 0.25) is 15.9 Å². The largest absolute Gasteiger partial charge is 0.336 e. The molecule has 6 rings (SSSR count). The Morgan fingerprint density at radius 3 is 2.53 bits per heavy atom. The summed E-state index contributed by atoms with van der Waals surface area (Å²) in [7, 11) is -3.48. The first-order chi connectivity index (χ1) is 21.2. The maximum Gasteiger partial charge on any atom is 0.229 e. The molecular formula is C31H28F2N8O3S. The molecular weight excluding hydrogens is 602 g/mol. The van der Waals surface area contributed by atoms with Crippen LogP contribution in [0.15, 0.2) is 61.1 Å². The average Bonchev–Trinajstić information content (AvgIpc) is 3.58. The zero-order valence-corrected chi connectivity index (χ0v) is 25.5. The Bertz CT molecular complexity index is 2220. The van der Waals surface area contributed by atoms with Crippen LogP contribution < -0.4 is 10.0 Å². The Balaban J connectivity index is 1.39. The van der Waals surface area contributed by atoms with Gasteiger partial charge in [0.1, 0.15) is 22.8 Å². The first-order valence-electron chi connectivity index (χ1n) is 13.8. The van der Waals surface area contributed by atoms with Gasteiger partial charge in [0.15, 0.2) is 5.82 Å². The number of aromatic amines is 2. The number of amides is 1. The maximum absolute atomic E-state index is 15.3. The van der Waals surface area contributed by atoms with Crippen LogP contribution in [0.3, 0.4) is 0 Å². The summed E-state index contributed by atoms with van der Waals surface area (Å²) in [5, 5.41) is 10.6. The van der Waals surface area contributed by atoms with Crippen LogP contribution >= 0.6 is 0 Å². The first kappa shape index (κ1) is 30.0. The van der Waals surface area contributed by atoms with Gasteiger partial charge >= 0.3 is 0 Å². The topological polar surface area (TPSA) is 158 Å². The third-order valence-corrected chi connectivity index (χ3v) is 7.70. The first-order valence-corrected chi connectivity index (χ1v) is 15.7. The summed E-state index contributed by atoms with van der Waals surface area (Å²) in [5.41, 5.74) is 3.59. The quantitative estimate of drug-likeness (QED) is 0.180. The van der Waals surface area contributed by atoms with Gasteiger partial charge in [0, 0.05) is 52.5 Å². The predicted octanol–water partition coefficient (Wildman–Crippen LogP) is 5.54. The van der Waals surface area contributed by atoms with Crippen LogP contribution in [-0.4, -0.2) is 50.7 Å². The van der Waals surface area contributed by atoms with Gasteiger partial charge in [0.05, 0.1) is 34.9 Å². The number of carbonyl (C=O) groups is 1. The van der Waals surface area contributed by atoms with E-state index in [0.717, 1.165) is 6.26 Å². The lowest BCUT2D eigenvalue weighted by Gasteiger charge is -2.17. The van der Waals surface area contributed by atoms with Gasteiger partial charge in [-0.3, -0.25) is 19.9 Å². The summed E-state index contributed by atoms with van der Waals surface area (Å²) >= 11 is 0. The summed E-state index contributed by atoms with van der Waals surface area (Å²) in [4.78, 5) is 29.1. The van der Waals surface area contributed by atoms with Crippen LogP contribution in [0.4, 0.5) is 14.5 Å². The van der Waals surface area contributed by atoms with Crippen molar-refractivity contribution in [3.05, 3.63) is 78.3 Å². The lowest BCUT2D eigenvalue weighted by molar-refractivity contribution is -0.123. The summed E-state index contributed by atoms with van der Waals surface area (Å²) < 4.78 is 55.4. The van der Waals surface area contributed by atoms with Crippen molar-refractivity contribution in [2.75, 3.05) is 11.6 Å². The number of rotatable bonds is 7. The second-order valence-electron chi connectivity index (χ2n) is 11.7. The molecule has 230 valence electrons. The number of nitrogens with one attached hydrogen (secondary N) is 4. The van der Waals surface area contributed by atoms with E-state index in [-0.39, 0.29) is 18.0 Å². The Labute approximate surface area is 256 Å². The fourth-order valence-electron chi connectivity index (χ4n) is 4.78. The Morgan fingerprint density at radius 2 is 1.78 bits per heavy atom. The second-order valence-corrected chi connectivity index (χ2v) is 13.5. The molecule has 4 aromatic heterocycles. The van der Waals surface area contributed by atoms with Crippen molar-refractivity contribution >= 4 is 43.6 Å². The van der Waals surface area contributed by atoms with Crippen molar-refractivity contribution in [2.24, 2.45) is 5.41 Å². The average molecular weight is 631 g/mol. The fourth-order valence-corrected chi connectivity index (χ4v) is 5.21. The number of aromatic nitrogens is 6. The van der Waals surface area contributed by atoms with Crippen LogP contribution in [0.2, 0.25) is 0 Å². The SMILES string of the molecule is CC(C)(C)C(=O)Nc1cncc(-c2cc3c(-c4nc5c(-c6cc(F)cc(CNS(C)(=O)=O)c6)nccc5[nH]4)n[nH]c3cc2F)c1. The second kappa shape index (κ2) is 11.1. The fraction of sp³-hybridized carbons (Fsp3) is 0.194. The van der Waals surface area contributed by atoms with E-state index in [4.69, 9.17) is 4.98 Å². The molecule has 14 heteroatoms. The number of imidazole rings is 1. The zero-order valence-electron chi connectivity index (χ0n) is 24.7. The Hall–Kier alpha value is -5.08. The highest BCUT2D eigenvalue weighted by Gasteiger charge is 2.22. The van der Waals surface area contributed by atoms with Crippen molar-refractivity contribution in [2.45, 2.75) is 27.3 Å². The number of benzene rings is 2. The highest BCUT2D eigenvalue weighted by Crippen LogP contribution is 2.34. The van der Waals surface area contributed by atoms with Gasteiger partial charge in [-0.25, -0.2) is 26.9 Å². The van der Waals surface area contributed by atoms with Gasteiger partial charge in [-0.1, -0.05) is 20.8 Å². The molecule has 0 saturated carbocycles. The molecule has 0 aliphatic rings. The number of H-pyrrole nitrogens is 2. The lowest BCUT2D eigenvalue weighted by Crippen LogP contribution is -2.27. The van der Waals surface area contributed by atoms with E-state index in [1.807, 2.05) is 0 Å². The van der Waals surface area contributed by atoms with Gasteiger partial charge in [-0.15, -0.1) is 0 Å². The van der Waals surface area contributed by atoms with Crippen molar-refractivity contribution in [3.63, 3.8) is 0 Å². The summed E-state index contributed by atoms with van der Waals surface area (Å²) in [5.74, 6) is -0.907. The number of hydrogen-bond donors (Lipinski definition) is 4. The number of anilines is 1. The number of sulfonamides is 1. The lowest BCUT2D eigenvalue weighted by atomic mass is 9.95. The van der Waals surface area contributed by atoms with Gasteiger partial charge in [-0.2, -0.15) is 5.10 Å². The van der Waals surface area contributed by atoms with E-state index >= 15 is 4.39 Å². The number of carbonyl (C=O) groups excluding carboxylic acids is 1. The minimum Gasteiger partial charge on any atom is -0.336 e. The molecule has 2 aromatic carbocycles. The molecule has 0 spiro atoms. The number of hydrogen-bond acceptors (Lipinski definition) is 7. The molecule has 6 aromatic rings. The van der Waals surface area contributed by atoms with E-state index in [1.54, 1.807) is 51.2 Å². The van der Waals surface area contributed by atoms with Crippen molar-refractivity contribution in [3.8, 4) is 33.9 Å². The van der Waals surface area contributed by atoms with Crippen LogP contribution in [-0.2, 0) is 21.4 Å². The molecule has 4 N–H and O–H groups in total. The summed E-state index contributed by atoms with van der Waals surface area (Å²) in [6.45, 7) is 5.28. The number of pyridine rings is 2. The van der Waals surface area contributed by atoms with Crippen LogP contribution in [0.5, 0.6) is 0 Å². The van der Waals surface area contributed by atoms with E-state index < -0.39 is 27.1 Å². The number of halogens is 2. The van der Waals surface area contributed by atoms with Crippen molar-refractivity contribution in [1.82, 2.24) is 34.9 Å². The third-order valence-electron chi connectivity index (χ3n) is 7.03. The van der Waals surface area contributed by atoms with Gasteiger partial charge < -0.3 is 10.3 Å². The number of fused-ring (bicyclic) bond motifs is 2. The van der Waals surface area contributed by atoms with E-state index in [1.165, 1.54) is 30.6 Å². The van der Waals surface area contributed by atoms with E-state index in [9.17, 15) is 17.6 Å². The van der Waals surface area contributed by atoms with Crippen molar-refractivity contribution < 1.29 is 22.0 Å².